The summed E-state index contributed by atoms with van der Waals surface area (Å²) in [5.74, 6) is 2.08. The minimum absolute atomic E-state index is 0.304. The molecule has 6 heteroatoms. The highest BCUT2D eigenvalue weighted by molar-refractivity contribution is 7.98. The number of rotatable bonds is 5. The zero-order chi connectivity index (χ0) is 16.3. The summed E-state index contributed by atoms with van der Waals surface area (Å²) in [6.07, 6.45) is 5.61. The molecule has 2 atom stereocenters. The molecule has 1 heterocycles. The van der Waals surface area contributed by atoms with Gasteiger partial charge in [-0.25, -0.2) is 0 Å². The summed E-state index contributed by atoms with van der Waals surface area (Å²) >= 11 is 1.54. The molecule has 5 nitrogen and oxygen atoms in total. The van der Waals surface area contributed by atoms with E-state index in [0.29, 0.717) is 29.4 Å². The molecule has 2 N–H and O–H groups in total. The summed E-state index contributed by atoms with van der Waals surface area (Å²) in [6.45, 7) is 11.2. The Morgan fingerprint density at radius 3 is 2.41 bits per heavy atom. The molecule has 1 aliphatic rings. The molecule has 0 bridgehead atoms. The second kappa shape index (κ2) is 7.02. The van der Waals surface area contributed by atoms with Crippen LogP contribution in [0.4, 0.5) is 11.9 Å². The van der Waals surface area contributed by atoms with Crippen molar-refractivity contribution in [2.45, 2.75) is 71.1 Å². The molecule has 1 saturated carbocycles. The van der Waals surface area contributed by atoms with Gasteiger partial charge in [0.25, 0.3) is 0 Å². The van der Waals surface area contributed by atoms with Crippen LogP contribution in [0.25, 0.3) is 0 Å². The van der Waals surface area contributed by atoms with Crippen LogP contribution in [-0.2, 0) is 0 Å². The fourth-order valence-electron chi connectivity index (χ4n) is 3.47. The lowest BCUT2D eigenvalue weighted by Gasteiger charge is -2.39. The average Bonchev–Trinajstić information content (AvgIpc) is 2.34. The molecule has 1 fully saturated rings. The second-order valence-corrected chi connectivity index (χ2v) is 8.30. The monoisotopic (exact) mass is 323 g/mol. The molecule has 22 heavy (non-hydrogen) atoms. The van der Waals surface area contributed by atoms with Crippen LogP contribution in [0, 0.1) is 11.3 Å². The van der Waals surface area contributed by atoms with Gasteiger partial charge in [-0.15, -0.1) is 0 Å². The number of thioether (sulfide) groups is 1. The fraction of sp³-hybridized carbons (Fsp3) is 0.812. The number of nitrogens with one attached hydrogen (secondary N) is 2. The first-order chi connectivity index (χ1) is 10.3. The third kappa shape index (κ3) is 5.00. The van der Waals surface area contributed by atoms with Gasteiger partial charge in [0, 0.05) is 12.1 Å². The van der Waals surface area contributed by atoms with E-state index >= 15 is 0 Å². The smallest absolute Gasteiger partial charge is 0.228 e. The minimum Gasteiger partial charge on any atom is -0.352 e. The number of hydrogen-bond acceptors (Lipinski definition) is 6. The van der Waals surface area contributed by atoms with Crippen molar-refractivity contribution in [1.29, 1.82) is 0 Å². The van der Waals surface area contributed by atoms with Crippen molar-refractivity contribution in [2.75, 3.05) is 16.9 Å². The third-order valence-electron chi connectivity index (χ3n) is 3.94. The maximum atomic E-state index is 4.53. The van der Waals surface area contributed by atoms with E-state index in [1.165, 1.54) is 12.8 Å². The molecule has 0 spiro atoms. The number of anilines is 2. The summed E-state index contributed by atoms with van der Waals surface area (Å²) in [5.41, 5.74) is 0.379. The van der Waals surface area contributed by atoms with E-state index in [0.717, 1.165) is 17.5 Å². The van der Waals surface area contributed by atoms with Gasteiger partial charge in [-0.2, -0.15) is 15.0 Å². The van der Waals surface area contributed by atoms with Crippen molar-refractivity contribution in [3.63, 3.8) is 0 Å². The van der Waals surface area contributed by atoms with E-state index in [-0.39, 0.29) is 0 Å². The summed E-state index contributed by atoms with van der Waals surface area (Å²) < 4.78 is 0. The molecule has 1 aliphatic carbocycles. The van der Waals surface area contributed by atoms with Crippen molar-refractivity contribution >= 4 is 23.7 Å². The standard InChI is InChI=1S/C16H29N5S/c1-10(2)17-13-19-14(21-15(20-13)22-6)18-12-7-11(3)8-16(4,5)9-12/h10-12H,7-9H2,1-6H3,(H2,17,18,19,20,21). The number of nitrogens with zero attached hydrogens (tertiary/aromatic N) is 3. The van der Waals surface area contributed by atoms with E-state index in [1.807, 2.05) is 6.26 Å². The van der Waals surface area contributed by atoms with E-state index in [2.05, 4.69) is 60.2 Å². The van der Waals surface area contributed by atoms with Gasteiger partial charge in [0.2, 0.25) is 11.9 Å². The minimum atomic E-state index is 0.304. The van der Waals surface area contributed by atoms with E-state index in [1.54, 1.807) is 11.8 Å². The molecular formula is C16H29N5S. The Bertz CT molecular complexity index is 503. The quantitative estimate of drug-likeness (QED) is 0.797. The molecule has 0 aliphatic heterocycles. The Morgan fingerprint density at radius 1 is 1.14 bits per heavy atom. The number of hydrogen-bond donors (Lipinski definition) is 2. The first-order valence-electron chi connectivity index (χ1n) is 8.10. The van der Waals surface area contributed by atoms with E-state index < -0.39 is 0 Å². The first kappa shape index (κ1) is 17.3. The highest BCUT2D eigenvalue weighted by atomic mass is 32.2. The van der Waals surface area contributed by atoms with Gasteiger partial charge in [0.05, 0.1) is 0 Å². The Balaban J connectivity index is 2.14. The summed E-state index contributed by atoms with van der Waals surface area (Å²) in [5, 5.41) is 7.56. The summed E-state index contributed by atoms with van der Waals surface area (Å²) in [4.78, 5) is 13.5. The molecule has 0 saturated heterocycles. The number of aromatic nitrogens is 3. The van der Waals surface area contributed by atoms with E-state index in [9.17, 15) is 0 Å². The van der Waals surface area contributed by atoms with Crippen molar-refractivity contribution < 1.29 is 0 Å². The molecule has 2 unspecified atom stereocenters. The molecule has 1 aromatic rings. The zero-order valence-electron chi connectivity index (χ0n) is 14.6. The van der Waals surface area contributed by atoms with Gasteiger partial charge in [0.1, 0.15) is 0 Å². The molecule has 0 amide bonds. The Hall–Kier alpha value is -1.04. The molecular weight excluding hydrogens is 294 g/mol. The topological polar surface area (TPSA) is 62.7 Å². The van der Waals surface area contributed by atoms with Gasteiger partial charge < -0.3 is 10.6 Å². The highest BCUT2D eigenvalue weighted by Gasteiger charge is 2.32. The summed E-state index contributed by atoms with van der Waals surface area (Å²) in [6, 6.07) is 0.737. The lowest BCUT2D eigenvalue weighted by molar-refractivity contribution is 0.177. The van der Waals surface area contributed by atoms with Crippen LogP contribution in [0.2, 0.25) is 0 Å². The molecule has 2 rings (SSSR count). The maximum absolute atomic E-state index is 4.53. The van der Waals surface area contributed by atoms with Crippen molar-refractivity contribution in [1.82, 2.24) is 15.0 Å². The van der Waals surface area contributed by atoms with Crippen LogP contribution in [0.15, 0.2) is 5.16 Å². The zero-order valence-corrected chi connectivity index (χ0v) is 15.4. The van der Waals surface area contributed by atoms with Crippen molar-refractivity contribution in [3.8, 4) is 0 Å². The van der Waals surface area contributed by atoms with Crippen LogP contribution in [0.3, 0.4) is 0 Å². The normalized spacial score (nSPS) is 24.3. The third-order valence-corrected chi connectivity index (χ3v) is 4.48. The van der Waals surface area contributed by atoms with Crippen LogP contribution in [0.1, 0.15) is 53.9 Å². The predicted molar refractivity (Wildman–Crippen MR) is 94.6 cm³/mol. The molecule has 1 aromatic heterocycles. The largest absolute Gasteiger partial charge is 0.352 e. The summed E-state index contributed by atoms with van der Waals surface area (Å²) in [7, 11) is 0. The SMILES string of the molecule is CSc1nc(NC(C)C)nc(NC2CC(C)CC(C)(C)C2)n1. The van der Waals surface area contributed by atoms with E-state index in [4.69, 9.17) is 0 Å². The second-order valence-electron chi connectivity index (χ2n) is 7.52. The van der Waals surface area contributed by atoms with Gasteiger partial charge >= 0.3 is 0 Å². The van der Waals surface area contributed by atoms with Crippen molar-refractivity contribution in [3.05, 3.63) is 0 Å². The lowest BCUT2D eigenvalue weighted by atomic mass is 9.71. The van der Waals surface area contributed by atoms with Crippen LogP contribution < -0.4 is 10.6 Å². The molecule has 124 valence electrons. The fourth-order valence-corrected chi connectivity index (χ4v) is 3.83. The lowest BCUT2D eigenvalue weighted by Crippen LogP contribution is -2.36. The Kier molecular flexibility index (Phi) is 5.53. The molecule has 0 aromatic carbocycles. The van der Waals surface area contributed by atoms with Crippen LogP contribution in [0.5, 0.6) is 0 Å². The van der Waals surface area contributed by atoms with Crippen LogP contribution in [-0.4, -0.2) is 33.3 Å². The van der Waals surface area contributed by atoms with Gasteiger partial charge in [0.15, 0.2) is 5.16 Å². The Labute approximate surface area is 138 Å². The molecule has 0 radical (unpaired) electrons. The average molecular weight is 324 g/mol. The Morgan fingerprint density at radius 2 is 1.82 bits per heavy atom. The van der Waals surface area contributed by atoms with Crippen LogP contribution >= 0.6 is 11.8 Å². The maximum Gasteiger partial charge on any atom is 0.228 e. The first-order valence-corrected chi connectivity index (χ1v) is 9.33. The predicted octanol–water partition coefficient (Wildman–Crippen LogP) is 4.04. The highest BCUT2D eigenvalue weighted by Crippen LogP contribution is 2.39. The van der Waals surface area contributed by atoms with Gasteiger partial charge in [-0.05, 0) is 50.7 Å². The van der Waals surface area contributed by atoms with Gasteiger partial charge in [-0.3, -0.25) is 0 Å². The van der Waals surface area contributed by atoms with Gasteiger partial charge in [-0.1, -0.05) is 32.5 Å². The van der Waals surface area contributed by atoms with Crippen molar-refractivity contribution in [2.24, 2.45) is 11.3 Å².